The summed E-state index contributed by atoms with van der Waals surface area (Å²) in [5.41, 5.74) is 5.40. The van der Waals surface area contributed by atoms with Gasteiger partial charge in [-0.25, -0.2) is 0 Å². The molecule has 0 aromatic heterocycles. The van der Waals surface area contributed by atoms with Crippen LogP contribution < -0.4 is 5.73 Å². The van der Waals surface area contributed by atoms with Gasteiger partial charge in [0.2, 0.25) is 0 Å². The van der Waals surface area contributed by atoms with Crippen LogP contribution in [0.15, 0.2) is 12.2 Å². The Morgan fingerprint density at radius 3 is 2.20 bits per heavy atom. The minimum Gasteiger partial charge on any atom is -0.325 e. The SMILES string of the molecule is CC(N)/C=C/C(=O)C(C)C. The first-order valence-electron chi connectivity index (χ1n) is 3.51. The van der Waals surface area contributed by atoms with Crippen molar-refractivity contribution in [1.29, 1.82) is 0 Å². The van der Waals surface area contributed by atoms with Gasteiger partial charge in [-0.2, -0.15) is 0 Å². The first kappa shape index (κ1) is 9.37. The molecule has 0 radical (unpaired) electrons. The van der Waals surface area contributed by atoms with Crippen LogP contribution in [0.25, 0.3) is 0 Å². The molecule has 0 rings (SSSR count). The third-order valence-corrected chi connectivity index (χ3v) is 1.13. The number of rotatable bonds is 3. The van der Waals surface area contributed by atoms with E-state index in [-0.39, 0.29) is 17.7 Å². The molecule has 0 aromatic carbocycles. The lowest BCUT2D eigenvalue weighted by molar-refractivity contribution is -0.117. The molecular weight excluding hydrogens is 126 g/mol. The fourth-order valence-corrected chi connectivity index (χ4v) is 0.439. The quantitative estimate of drug-likeness (QED) is 0.598. The maximum atomic E-state index is 10.9. The van der Waals surface area contributed by atoms with Gasteiger partial charge in [0.1, 0.15) is 0 Å². The summed E-state index contributed by atoms with van der Waals surface area (Å²) >= 11 is 0. The van der Waals surface area contributed by atoms with Gasteiger partial charge < -0.3 is 5.73 Å². The van der Waals surface area contributed by atoms with Gasteiger partial charge in [-0.3, -0.25) is 4.79 Å². The highest BCUT2D eigenvalue weighted by molar-refractivity contribution is 5.91. The van der Waals surface area contributed by atoms with E-state index in [0.29, 0.717) is 0 Å². The molecule has 2 nitrogen and oxygen atoms in total. The van der Waals surface area contributed by atoms with Crippen molar-refractivity contribution in [3.63, 3.8) is 0 Å². The summed E-state index contributed by atoms with van der Waals surface area (Å²) in [5, 5.41) is 0. The lowest BCUT2D eigenvalue weighted by Gasteiger charge is -1.97. The Morgan fingerprint density at radius 1 is 1.40 bits per heavy atom. The first-order valence-corrected chi connectivity index (χ1v) is 3.51. The van der Waals surface area contributed by atoms with Crippen LogP contribution in [0.4, 0.5) is 0 Å². The summed E-state index contributed by atoms with van der Waals surface area (Å²) in [6, 6.07) is -0.0253. The van der Waals surface area contributed by atoms with Crippen LogP contribution in [0.5, 0.6) is 0 Å². The van der Waals surface area contributed by atoms with Crippen molar-refractivity contribution < 1.29 is 4.79 Å². The number of nitrogens with two attached hydrogens (primary N) is 1. The van der Waals surface area contributed by atoms with E-state index >= 15 is 0 Å². The lowest BCUT2D eigenvalue weighted by atomic mass is 10.1. The number of hydrogen-bond donors (Lipinski definition) is 1. The van der Waals surface area contributed by atoms with Crippen LogP contribution >= 0.6 is 0 Å². The number of hydrogen-bond acceptors (Lipinski definition) is 2. The zero-order valence-corrected chi connectivity index (χ0v) is 6.79. The minimum absolute atomic E-state index is 0.0253. The van der Waals surface area contributed by atoms with E-state index in [4.69, 9.17) is 5.73 Å². The van der Waals surface area contributed by atoms with Crippen LogP contribution in [0, 0.1) is 5.92 Å². The first-order chi connectivity index (χ1) is 4.54. The zero-order valence-electron chi connectivity index (χ0n) is 6.79. The summed E-state index contributed by atoms with van der Waals surface area (Å²) in [6.45, 7) is 5.58. The highest BCUT2D eigenvalue weighted by atomic mass is 16.1. The second-order valence-electron chi connectivity index (χ2n) is 2.78. The summed E-state index contributed by atoms with van der Waals surface area (Å²) in [6.07, 6.45) is 3.26. The fourth-order valence-electron chi connectivity index (χ4n) is 0.439. The zero-order chi connectivity index (χ0) is 8.15. The Kier molecular flexibility index (Phi) is 3.96. The number of allylic oxidation sites excluding steroid dienone is 1. The van der Waals surface area contributed by atoms with Crippen LogP contribution in [-0.2, 0) is 4.79 Å². The summed E-state index contributed by atoms with van der Waals surface area (Å²) in [5.74, 6) is 0.215. The largest absolute Gasteiger partial charge is 0.325 e. The molecule has 58 valence electrons. The van der Waals surface area contributed by atoms with Crippen LogP contribution in [0.1, 0.15) is 20.8 Å². The molecule has 10 heavy (non-hydrogen) atoms. The van der Waals surface area contributed by atoms with E-state index in [0.717, 1.165) is 0 Å². The monoisotopic (exact) mass is 141 g/mol. The minimum atomic E-state index is -0.0253. The molecule has 0 aliphatic carbocycles. The third-order valence-electron chi connectivity index (χ3n) is 1.13. The normalized spacial score (nSPS) is 14.5. The van der Waals surface area contributed by atoms with Crippen LogP contribution in [0.3, 0.4) is 0 Å². The number of ketones is 1. The standard InChI is InChI=1S/C8H15NO/c1-6(2)8(10)5-4-7(3)9/h4-7H,9H2,1-3H3/b5-4+. The molecule has 0 bridgehead atoms. The molecular formula is C8H15NO. The van der Waals surface area contributed by atoms with Gasteiger partial charge >= 0.3 is 0 Å². The maximum Gasteiger partial charge on any atom is 0.157 e. The third kappa shape index (κ3) is 4.27. The number of carbonyl (C=O) groups is 1. The fraction of sp³-hybridized carbons (Fsp3) is 0.625. The molecule has 1 unspecified atom stereocenters. The van der Waals surface area contributed by atoms with Crippen molar-refractivity contribution in [2.45, 2.75) is 26.8 Å². The molecule has 1 atom stereocenters. The predicted molar refractivity (Wildman–Crippen MR) is 42.6 cm³/mol. The second-order valence-corrected chi connectivity index (χ2v) is 2.78. The molecule has 0 fully saturated rings. The smallest absolute Gasteiger partial charge is 0.157 e. The van der Waals surface area contributed by atoms with Crippen molar-refractivity contribution in [2.24, 2.45) is 11.7 Å². The van der Waals surface area contributed by atoms with Crippen molar-refractivity contribution >= 4 is 5.78 Å². The average molecular weight is 141 g/mol. The summed E-state index contributed by atoms with van der Waals surface area (Å²) in [7, 11) is 0. The van der Waals surface area contributed by atoms with Gasteiger partial charge in [-0.1, -0.05) is 19.9 Å². The molecule has 0 spiro atoms. The van der Waals surface area contributed by atoms with Gasteiger partial charge in [-0.05, 0) is 13.0 Å². The molecule has 2 N–H and O–H groups in total. The Morgan fingerprint density at radius 2 is 1.90 bits per heavy atom. The van der Waals surface area contributed by atoms with Crippen molar-refractivity contribution in [2.75, 3.05) is 0 Å². The lowest BCUT2D eigenvalue weighted by Crippen LogP contribution is -2.12. The summed E-state index contributed by atoms with van der Waals surface area (Å²) in [4.78, 5) is 10.9. The van der Waals surface area contributed by atoms with Gasteiger partial charge in [0.25, 0.3) is 0 Å². The molecule has 0 saturated carbocycles. The van der Waals surface area contributed by atoms with Crippen molar-refractivity contribution in [3.05, 3.63) is 12.2 Å². The van der Waals surface area contributed by atoms with Gasteiger partial charge in [0.05, 0.1) is 0 Å². The van der Waals surface area contributed by atoms with E-state index in [1.807, 2.05) is 20.8 Å². The summed E-state index contributed by atoms with van der Waals surface area (Å²) < 4.78 is 0. The maximum absolute atomic E-state index is 10.9. The van der Waals surface area contributed by atoms with Gasteiger partial charge in [0, 0.05) is 12.0 Å². The van der Waals surface area contributed by atoms with E-state index in [1.165, 1.54) is 0 Å². The Hall–Kier alpha value is -0.630. The molecule has 0 aliphatic rings. The van der Waals surface area contributed by atoms with Gasteiger partial charge in [0.15, 0.2) is 5.78 Å². The number of carbonyl (C=O) groups excluding carboxylic acids is 1. The van der Waals surface area contributed by atoms with Gasteiger partial charge in [-0.15, -0.1) is 0 Å². The average Bonchev–Trinajstić information content (AvgIpc) is 1.82. The van der Waals surface area contributed by atoms with E-state index < -0.39 is 0 Å². The molecule has 2 heteroatoms. The van der Waals surface area contributed by atoms with Crippen molar-refractivity contribution in [1.82, 2.24) is 0 Å². The topological polar surface area (TPSA) is 43.1 Å². The Labute approximate surface area is 62.1 Å². The van der Waals surface area contributed by atoms with E-state index in [1.54, 1.807) is 12.2 Å². The Balaban J connectivity index is 3.79. The van der Waals surface area contributed by atoms with Crippen LogP contribution in [-0.4, -0.2) is 11.8 Å². The second kappa shape index (κ2) is 4.23. The van der Waals surface area contributed by atoms with Crippen molar-refractivity contribution in [3.8, 4) is 0 Å². The molecule has 0 saturated heterocycles. The molecule has 0 aliphatic heterocycles. The van der Waals surface area contributed by atoms with Crippen LogP contribution in [0.2, 0.25) is 0 Å². The molecule has 0 heterocycles. The van der Waals surface area contributed by atoms with E-state index in [9.17, 15) is 4.79 Å². The van der Waals surface area contributed by atoms with E-state index in [2.05, 4.69) is 0 Å². The highest BCUT2D eigenvalue weighted by Crippen LogP contribution is 1.95. The Bertz CT molecular complexity index is 136. The predicted octanol–water partition coefficient (Wildman–Crippen LogP) is 1.11. The molecule has 0 aromatic rings. The molecule has 0 amide bonds. The highest BCUT2D eigenvalue weighted by Gasteiger charge is 2.00.